The maximum Gasteiger partial charge on any atom is 0.419 e. The number of aryl methyl sites for hydroxylation is 1. The molecule has 0 spiro atoms. The normalized spacial score (nSPS) is 19.4. The van der Waals surface area contributed by atoms with Gasteiger partial charge in [-0.3, -0.25) is 4.57 Å². The van der Waals surface area contributed by atoms with Crippen molar-refractivity contribution in [2.24, 2.45) is 7.05 Å². The lowest BCUT2D eigenvalue weighted by Crippen LogP contribution is -2.59. The van der Waals surface area contributed by atoms with Gasteiger partial charge in [-0.15, -0.1) is 0 Å². The van der Waals surface area contributed by atoms with E-state index in [0.29, 0.717) is 25.3 Å². The van der Waals surface area contributed by atoms with E-state index < -0.39 is 11.3 Å². The van der Waals surface area contributed by atoms with Gasteiger partial charge < -0.3 is 19.4 Å². The fourth-order valence-electron chi connectivity index (χ4n) is 3.66. The summed E-state index contributed by atoms with van der Waals surface area (Å²) in [6.45, 7) is 7.71. The molecule has 2 heterocycles. The molecule has 0 aliphatic carbocycles. The number of carbonyl (C=O) groups excluding carboxylic acids is 1. The Kier molecular flexibility index (Phi) is 5.60. The van der Waals surface area contributed by atoms with Gasteiger partial charge in [-0.1, -0.05) is 25.8 Å². The van der Waals surface area contributed by atoms with E-state index in [1.807, 2.05) is 36.9 Å². The number of unbranched alkanes of at least 4 members (excludes halogenated alkanes) is 2. The number of aromatic nitrogens is 1. The minimum absolute atomic E-state index is 0.0842. The number of hydrogen-bond acceptors (Lipinski definition) is 4. The van der Waals surface area contributed by atoms with Gasteiger partial charge in [0, 0.05) is 13.6 Å². The van der Waals surface area contributed by atoms with Crippen molar-refractivity contribution in [1.82, 2.24) is 14.8 Å². The van der Waals surface area contributed by atoms with Crippen molar-refractivity contribution in [1.29, 1.82) is 0 Å². The molecule has 1 saturated heterocycles. The monoisotopic (exact) mass is 375 g/mol. The van der Waals surface area contributed by atoms with E-state index in [9.17, 15) is 9.59 Å². The molecule has 0 bridgehead atoms. The Hall–Kier alpha value is -2.28. The lowest BCUT2D eigenvalue weighted by atomic mass is 9.95. The number of rotatable bonds is 5. The van der Waals surface area contributed by atoms with E-state index >= 15 is 0 Å². The Morgan fingerprint density at radius 2 is 2.11 bits per heavy atom. The molecular formula is C20H29N3O4. The van der Waals surface area contributed by atoms with E-state index in [4.69, 9.17) is 9.15 Å². The third-order valence-electron chi connectivity index (χ3n) is 5.17. The number of nitrogens with zero attached hydrogens (tertiary/aromatic N) is 2. The fourth-order valence-corrected chi connectivity index (χ4v) is 3.66. The van der Waals surface area contributed by atoms with E-state index in [2.05, 4.69) is 12.2 Å². The van der Waals surface area contributed by atoms with E-state index in [0.717, 1.165) is 30.3 Å². The molecule has 2 aromatic rings. The van der Waals surface area contributed by atoms with Crippen LogP contribution in [-0.2, 0) is 11.8 Å². The van der Waals surface area contributed by atoms with Gasteiger partial charge in [0.2, 0.25) is 0 Å². The Labute approximate surface area is 159 Å². The van der Waals surface area contributed by atoms with Gasteiger partial charge in [0.05, 0.1) is 30.3 Å². The molecule has 7 heteroatoms. The fraction of sp³-hybridized carbons (Fsp3) is 0.600. The van der Waals surface area contributed by atoms with Crippen LogP contribution in [0.3, 0.4) is 0 Å². The van der Waals surface area contributed by atoms with Gasteiger partial charge in [0.1, 0.15) is 0 Å². The van der Waals surface area contributed by atoms with Crippen LogP contribution in [0.1, 0.15) is 51.6 Å². The van der Waals surface area contributed by atoms with Crippen LogP contribution in [0.2, 0.25) is 0 Å². The highest BCUT2D eigenvalue weighted by Crippen LogP contribution is 2.34. The molecule has 7 nitrogen and oxygen atoms in total. The second kappa shape index (κ2) is 7.76. The zero-order valence-corrected chi connectivity index (χ0v) is 16.6. The Bertz CT molecular complexity index is 868. The van der Waals surface area contributed by atoms with E-state index in [1.165, 1.54) is 4.57 Å². The van der Waals surface area contributed by atoms with E-state index in [-0.39, 0.29) is 12.1 Å². The van der Waals surface area contributed by atoms with Crippen molar-refractivity contribution in [2.45, 2.75) is 51.6 Å². The van der Waals surface area contributed by atoms with Gasteiger partial charge in [-0.25, -0.2) is 9.59 Å². The summed E-state index contributed by atoms with van der Waals surface area (Å²) in [7, 11) is 1.68. The van der Waals surface area contributed by atoms with Crippen molar-refractivity contribution in [3.63, 3.8) is 0 Å². The molecular weight excluding hydrogens is 346 g/mol. The van der Waals surface area contributed by atoms with E-state index in [1.54, 1.807) is 7.05 Å². The van der Waals surface area contributed by atoms with Crippen molar-refractivity contribution in [3.8, 4) is 0 Å². The van der Waals surface area contributed by atoms with Crippen LogP contribution in [0.5, 0.6) is 0 Å². The van der Waals surface area contributed by atoms with Crippen LogP contribution in [0.4, 0.5) is 4.79 Å². The zero-order chi connectivity index (χ0) is 19.6. The predicted molar refractivity (Wildman–Crippen MR) is 104 cm³/mol. The highest BCUT2D eigenvalue weighted by atomic mass is 16.5. The molecule has 1 atom stereocenters. The molecule has 1 N–H and O–H groups in total. The van der Waals surface area contributed by atoms with Crippen molar-refractivity contribution in [3.05, 3.63) is 34.3 Å². The summed E-state index contributed by atoms with van der Waals surface area (Å²) in [6.07, 6.45) is 3.18. The second-order valence-electron chi connectivity index (χ2n) is 7.81. The van der Waals surface area contributed by atoms with Gasteiger partial charge in [0.25, 0.3) is 0 Å². The van der Waals surface area contributed by atoms with Gasteiger partial charge in [-0.2, -0.15) is 0 Å². The summed E-state index contributed by atoms with van der Waals surface area (Å²) in [4.78, 5) is 26.6. The second-order valence-corrected chi connectivity index (χ2v) is 7.81. The molecule has 3 rings (SSSR count). The smallest absolute Gasteiger partial charge is 0.408 e. The van der Waals surface area contributed by atoms with Crippen LogP contribution in [0.25, 0.3) is 11.1 Å². The molecule has 1 aromatic heterocycles. The van der Waals surface area contributed by atoms with Crippen LogP contribution < -0.4 is 11.1 Å². The maximum atomic E-state index is 13.0. The SMILES string of the molecule is CCCCCNC(=O)N1C(c2ccc3c(c2)oc(=O)n3C)COCC1(C)C. The quantitative estimate of drug-likeness (QED) is 0.815. The summed E-state index contributed by atoms with van der Waals surface area (Å²) >= 11 is 0. The third-order valence-corrected chi connectivity index (χ3v) is 5.17. The van der Waals surface area contributed by atoms with Crippen LogP contribution >= 0.6 is 0 Å². The molecule has 2 amide bonds. The topological polar surface area (TPSA) is 76.7 Å². The summed E-state index contributed by atoms with van der Waals surface area (Å²) in [5.74, 6) is -0.395. The molecule has 1 aromatic carbocycles. The number of hydrogen-bond donors (Lipinski definition) is 1. The average molecular weight is 375 g/mol. The number of nitrogens with one attached hydrogen (secondary N) is 1. The molecule has 1 aliphatic heterocycles. The maximum absolute atomic E-state index is 13.0. The number of oxazole rings is 1. The molecule has 27 heavy (non-hydrogen) atoms. The first-order valence-corrected chi connectivity index (χ1v) is 9.59. The zero-order valence-electron chi connectivity index (χ0n) is 16.6. The summed E-state index contributed by atoms with van der Waals surface area (Å²) < 4.78 is 12.6. The number of amides is 2. The van der Waals surface area contributed by atoms with Gasteiger partial charge in [0.15, 0.2) is 5.58 Å². The first-order valence-electron chi connectivity index (χ1n) is 9.59. The lowest BCUT2D eigenvalue weighted by Gasteiger charge is -2.47. The van der Waals surface area contributed by atoms with Crippen LogP contribution in [-0.4, -0.2) is 40.8 Å². The molecule has 0 saturated carbocycles. The van der Waals surface area contributed by atoms with Gasteiger partial charge >= 0.3 is 11.8 Å². The Morgan fingerprint density at radius 3 is 2.85 bits per heavy atom. The number of morpholine rings is 1. The highest BCUT2D eigenvalue weighted by Gasteiger charge is 2.41. The first-order chi connectivity index (χ1) is 12.8. The van der Waals surface area contributed by atoms with Crippen molar-refractivity contribution < 1.29 is 13.9 Å². The van der Waals surface area contributed by atoms with Gasteiger partial charge in [-0.05, 0) is 38.0 Å². The summed E-state index contributed by atoms with van der Waals surface area (Å²) in [5.41, 5.74) is 1.71. The molecule has 1 aliphatic rings. The largest absolute Gasteiger partial charge is 0.419 e. The number of fused-ring (bicyclic) bond motifs is 1. The number of ether oxygens (including phenoxy) is 1. The van der Waals surface area contributed by atoms with Crippen LogP contribution in [0.15, 0.2) is 27.4 Å². The minimum atomic E-state index is -0.440. The van der Waals surface area contributed by atoms with Crippen molar-refractivity contribution in [2.75, 3.05) is 19.8 Å². The molecule has 1 fully saturated rings. The number of urea groups is 1. The molecule has 148 valence electrons. The summed E-state index contributed by atoms with van der Waals surface area (Å²) in [6, 6.07) is 5.30. The summed E-state index contributed by atoms with van der Waals surface area (Å²) in [5, 5.41) is 3.05. The predicted octanol–water partition coefficient (Wildman–Crippen LogP) is 3.18. The lowest BCUT2D eigenvalue weighted by molar-refractivity contribution is -0.0656. The Morgan fingerprint density at radius 1 is 1.33 bits per heavy atom. The molecule has 0 radical (unpaired) electrons. The third kappa shape index (κ3) is 3.88. The first kappa shape index (κ1) is 19.5. The van der Waals surface area contributed by atoms with Crippen LogP contribution in [0, 0.1) is 0 Å². The highest BCUT2D eigenvalue weighted by molar-refractivity contribution is 5.77. The standard InChI is InChI=1S/C20H29N3O4/c1-5-6-7-10-21-18(24)23-16(12-26-13-20(23,2)3)14-8-9-15-17(11-14)27-19(25)22(15)4/h8-9,11,16H,5-7,10,12-13H2,1-4H3,(H,21,24). The number of benzene rings is 1. The average Bonchev–Trinajstić information content (AvgIpc) is 2.91. The minimum Gasteiger partial charge on any atom is -0.408 e. The molecule has 1 unspecified atom stereocenters. The number of carbonyl (C=O) groups is 1. The Balaban J connectivity index is 1.89. The van der Waals surface area contributed by atoms with Crippen molar-refractivity contribution >= 4 is 17.1 Å².